The third-order valence-electron chi connectivity index (χ3n) is 2.75. The third kappa shape index (κ3) is 3.34. The first kappa shape index (κ1) is 14.9. The molecule has 1 aromatic carbocycles. The molecule has 2 aromatic rings. The molecular weight excluding hydrogens is 347 g/mol. The Hall–Kier alpha value is -1.47. The van der Waals surface area contributed by atoms with Gasteiger partial charge in [-0.2, -0.15) is 0 Å². The molecule has 0 unspecified atom stereocenters. The first-order valence-corrected chi connectivity index (χ1v) is 7.57. The zero-order chi connectivity index (χ0) is 14.7. The maximum absolute atomic E-state index is 13.5. The Balaban J connectivity index is 2.20. The van der Waals surface area contributed by atoms with E-state index in [1.54, 1.807) is 11.3 Å². The van der Waals surface area contributed by atoms with Crippen LogP contribution >= 0.6 is 27.3 Å². The Morgan fingerprint density at radius 3 is 2.70 bits per heavy atom. The van der Waals surface area contributed by atoms with Crippen molar-refractivity contribution in [1.29, 1.82) is 0 Å². The molecule has 1 aromatic heterocycles. The van der Waals surface area contributed by atoms with E-state index < -0.39 is 10.7 Å². The van der Waals surface area contributed by atoms with Crippen LogP contribution in [0.5, 0.6) is 0 Å². The van der Waals surface area contributed by atoms with Gasteiger partial charge in [0.2, 0.25) is 0 Å². The molecule has 1 heterocycles. The monoisotopic (exact) mass is 358 g/mol. The van der Waals surface area contributed by atoms with Crippen molar-refractivity contribution in [3.63, 3.8) is 0 Å². The summed E-state index contributed by atoms with van der Waals surface area (Å²) in [4.78, 5) is 12.7. The summed E-state index contributed by atoms with van der Waals surface area (Å²) in [6, 6.07) is 6.30. The standard InChI is InChI=1S/C13H12BrFN2O2S/c1-2-8-3-4-9(20-8)7-16-12-6-11(15)10(14)5-13(12)17(18)19/h3-6,16H,2,7H2,1H3. The predicted molar refractivity (Wildman–Crippen MR) is 81.8 cm³/mol. The molecule has 0 aliphatic rings. The number of nitro groups is 1. The zero-order valence-electron chi connectivity index (χ0n) is 10.7. The Bertz CT molecular complexity index is 645. The minimum Gasteiger partial charge on any atom is -0.375 e. The van der Waals surface area contributed by atoms with Crippen LogP contribution in [0, 0.1) is 15.9 Å². The summed E-state index contributed by atoms with van der Waals surface area (Å²) >= 11 is 4.59. The number of nitro benzene ring substituents is 1. The molecule has 1 N–H and O–H groups in total. The number of nitrogens with zero attached hydrogens (tertiary/aromatic N) is 1. The molecule has 0 radical (unpaired) electrons. The van der Waals surface area contributed by atoms with Gasteiger partial charge in [0.05, 0.1) is 9.40 Å². The van der Waals surface area contributed by atoms with Crippen molar-refractivity contribution in [2.45, 2.75) is 19.9 Å². The summed E-state index contributed by atoms with van der Waals surface area (Å²) < 4.78 is 13.6. The second kappa shape index (κ2) is 6.32. The highest BCUT2D eigenvalue weighted by molar-refractivity contribution is 9.10. The van der Waals surface area contributed by atoms with Crippen LogP contribution in [0.4, 0.5) is 15.8 Å². The summed E-state index contributed by atoms with van der Waals surface area (Å²) in [5.74, 6) is -0.529. The maximum atomic E-state index is 13.5. The number of hydrogen-bond acceptors (Lipinski definition) is 4. The Morgan fingerprint density at radius 2 is 2.10 bits per heavy atom. The topological polar surface area (TPSA) is 55.2 Å². The lowest BCUT2D eigenvalue weighted by Crippen LogP contribution is -2.02. The average molecular weight is 359 g/mol. The zero-order valence-corrected chi connectivity index (χ0v) is 13.1. The van der Waals surface area contributed by atoms with Crippen LogP contribution in [-0.2, 0) is 13.0 Å². The van der Waals surface area contributed by atoms with Gasteiger partial charge in [-0.25, -0.2) is 4.39 Å². The normalized spacial score (nSPS) is 10.6. The SMILES string of the molecule is CCc1ccc(CNc2cc(F)c(Br)cc2[N+](=O)[O-])s1. The van der Waals surface area contributed by atoms with E-state index in [0.29, 0.717) is 6.54 Å². The lowest BCUT2D eigenvalue weighted by Gasteiger charge is -2.07. The fourth-order valence-electron chi connectivity index (χ4n) is 1.72. The second-order valence-electron chi connectivity index (χ2n) is 4.12. The second-order valence-corrected chi connectivity index (χ2v) is 6.22. The van der Waals surface area contributed by atoms with Gasteiger partial charge >= 0.3 is 0 Å². The van der Waals surface area contributed by atoms with Crippen LogP contribution in [0.2, 0.25) is 0 Å². The molecule has 0 saturated heterocycles. The maximum Gasteiger partial charge on any atom is 0.293 e. The van der Waals surface area contributed by atoms with E-state index >= 15 is 0 Å². The van der Waals surface area contributed by atoms with Gasteiger partial charge in [-0.15, -0.1) is 11.3 Å². The Morgan fingerprint density at radius 1 is 1.40 bits per heavy atom. The number of aryl methyl sites for hydroxylation is 1. The molecule has 7 heteroatoms. The van der Waals surface area contributed by atoms with Crippen molar-refractivity contribution < 1.29 is 9.31 Å². The van der Waals surface area contributed by atoms with Gasteiger partial charge in [0.25, 0.3) is 5.69 Å². The number of thiophene rings is 1. The molecule has 106 valence electrons. The smallest absolute Gasteiger partial charge is 0.293 e. The molecule has 0 saturated carbocycles. The fraction of sp³-hybridized carbons (Fsp3) is 0.231. The van der Waals surface area contributed by atoms with Crippen molar-refractivity contribution in [3.8, 4) is 0 Å². The molecule has 0 atom stereocenters. The van der Waals surface area contributed by atoms with E-state index in [1.807, 2.05) is 12.1 Å². The molecule has 0 amide bonds. The van der Waals surface area contributed by atoms with E-state index in [1.165, 1.54) is 10.9 Å². The van der Waals surface area contributed by atoms with Crippen LogP contribution in [-0.4, -0.2) is 4.92 Å². The third-order valence-corrected chi connectivity index (χ3v) is 4.59. The largest absolute Gasteiger partial charge is 0.375 e. The molecule has 4 nitrogen and oxygen atoms in total. The summed E-state index contributed by atoms with van der Waals surface area (Å²) in [5.41, 5.74) is 0.0349. The van der Waals surface area contributed by atoms with Crippen molar-refractivity contribution in [1.82, 2.24) is 0 Å². The van der Waals surface area contributed by atoms with E-state index in [4.69, 9.17) is 0 Å². The van der Waals surface area contributed by atoms with Crippen molar-refractivity contribution >= 4 is 38.6 Å². The first-order chi connectivity index (χ1) is 9.51. The van der Waals surface area contributed by atoms with Gasteiger partial charge in [0.1, 0.15) is 11.5 Å². The van der Waals surface area contributed by atoms with Crippen LogP contribution in [0.3, 0.4) is 0 Å². The summed E-state index contributed by atoms with van der Waals surface area (Å²) in [6.45, 7) is 2.50. The Labute approximate surface area is 127 Å². The van der Waals surface area contributed by atoms with Gasteiger partial charge in [0, 0.05) is 28.4 Å². The quantitative estimate of drug-likeness (QED) is 0.620. The summed E-state index contributed by atoms with van der Waals surface area (Å²) in [5, 5.41) is 13.9. The summed E-state index contributed by atoms with van der Waals surface area (Å²) in [7, 11) is 0. The highest BCUT2D eigenvalue weighted by atomic mass is 79.9. The molecule has 0 aliphatic carbocycles. The molecular formula is C13H12BrFN2O2S. The highest BCUT2D eigenvalue weighted by Crippen LogP contribution is 2.31. The number of benzene rings is 1. The highest BCUT2D eigenvalue weighted by Gasteiger charge is 2.17. The van der Waals surface area contributed by atoms with Gasteiger partial charge in [0.15, 0.2) is 0 Å². The van der Waals surface area contributed by atoms with Gasteiger partial charge in [-0.3, -0.25) is 10.1 Å². The van der Waals surface area contributed by atoms with Crippen molar-refractivity contribution in [2.75, 3.05) is 5.32 Å². The minimum atomic E-state index is -0.529. The van der Waals surface area contributed by atoms with E-state index in [-0.39, 0.29) is 15.8 Å². The van der Waals surface area contributed by atoms with E-state index in [2.05, 4.69) is 28.2 Å². The predicted octanol–water partition coefficient (Wildman–Crippen LogP) is 4.73. The number of halogens is 2. The summed E-state index contributed by atoms with van der Waals surface area (Å²) in [6.07, 6.45) is 0.956. The lowest BCUT2D eigenvalue weighted by molar-refractivity contribution is -0.384. The Kier molecular flexibility index (Phi) is 4.72. The van der Waals surface area contributed by atoms with Crippen LogP contribution in [0.15, 0.2) is 28.7 Å². The lowest BCUT2D eigenvalue weighted by atomic mass is 10.2. The van der Waals surface area contributed by atoms with Crippen LogP contribution in [0.1, 0.15) is 16.7 Å². The van der Waals surface area contributed by atoms with E-state index in [9.17, 15) is 14.5 Å². The number of nitrogens with one attached hydrogen (secondary N) is 1. The van der Waals surface area contributed by atoms with Crippen molar-refractivity contribution in [3.05, 3.63) is 54.4 Å². The van der Waals surface area contributed by atoms with E-state index in [0.717, 1.165) is 17.4 Å². The average Bonchev–Trinajstić information content (AvgIpc) is 2.87. The molecule has 2 rings (SSSR count). The van der Waals surface area contributed by atoms with Gasteiger partial charge in [-0.1, -0.05) is 6.92 Å². The fourth-order valence-corrected chi connectivity index (χ4v) is 2.95. The molecule has 0 spiro atoms. The molecule has 0 fully saturated rings. The molecule has 0 aliphatic heterocycles. The molecule has 0 bridgehead atoms. The van der Waals surface area contributed by atoms with Crippen molar-refractivity contribution in [2.24, 2.45) is 0 Å². The van der Waals surface area contributed by atoms with Gasteiger partial charge in [-0.05, 0) is 34.5 Å². The minimum absolute atomic E-state index is 0.0825. The molecule has 20 heavy (non-hydrogen) atoms. The number of anilines is 1. The first-order valence-electron chi connectivity index (χ1n) is 5.96. The van der Waals surface area contributed by atoms with Crippen LogP contribution < -0.4 is 5.32 Å². The number of rotatable bonds is 5. The van der Waals surface area contributed by atoms with Crippen LogP contribution in [0.25, 0.3) is 0 Å². The van der Waals surface area contributed by atoms with Gasteiger partial charge < -0.3 is 5.32 Å². The number of hydrogen-bond donors (Lipinski definition) is 1.